The summed E-state index contributed by atoms with van der Waals surface area (Å²) in [4.78, 5) is 16.7. The third-order valence-electron chi connectivity index (χ3n) is 3.94. The Bertz CT molecular complexity index is 1010. The highest BCUT2D eigenvalue weighted by atomic mass is 32.1. The van der Waals surface area contributed by atoms with Gasteiger partial charge in [0.1, 0.15) is 5.01 Å². The highest BCUT2D eigenvalue weighted by Gasteiger charge is 2.12. The maximum atomic E-state index is 12.2. The van der Waals surface area contributed by atoms with Gasteiger partial charge in [-0.25, -0.2) is 4.98 Å². The molecule has 10 heteroatoms. The number of H-pyrrole nitrogens is 1. The van der Waals surface area contributed by atoms with Crippen molar-refractivity contribution in [3.8, 4) is 22.1 Å². The molecule has 0 saturated heterocycles. The summed E-state index contributed by atoms with van der Waals surface area (Å²) in [5.41, 5.74) is 1.61. The molecule has 0 radical (unpaired) electrons. The number of ether oxygens (including phenoxy) is 2. The Hall–Kier alpha value is -2.72. The second kappa shape index (κ2) is 8.31. The summed E-state index contributed by atoms with van der Waals surface area (Å²) in [6.45, 7) is 0.301. The predicted octanol–water partition coefficient (Wildman–Crippen LogP) is 2.48. The number of methoxy groups -OCH3 is 2. The van der Waals surface area contributed by atoms with Gasteiger partial charge in [0.15, 0.2) is 22.1 Å². The first-order valence-corrected chi connectivity index (χ1v) is 9.34. The van der Waals surface area contributed by atoms with Crippen LogP contribution in [0.25, 0.3) is 10.6 Å². The lowest BCUT2D eigenvalue weighted by Gasteiger charge is -2.08. The van der Waals surface area contributed by atoms with E-state index in [-0.39, 0.29) is 12.3 Å². The second-order valence-corrected chi connectivity index (χ2v) is 6.92. The van der Waals surface area contributed by atoms with Crippen molar-refractivity contribution in [2.75, 3.05) is 14.2 Å². The molecule has 8 nitrogen and oxygen atoms in total. The van der Waals surface area contributed by atoms with Crippen molar-refractivity contribution in [1.82, 2.24) is 25.1 Å². The van der Waals surface area contributed by atoms with Crippen LogP contribution in [0.15, 0.2) is 23.6 Å². The van der Waals surface area contributed by atoms with Crippen LogP contribution in [0, 0.1) is 4.77 Å². The standard InChI is InChI=1S/C17H19N5O3S2/c1-22-14(20-21-17(22)26)8-18-15(23)7-11-9-27-16(19-11)10-4-5-12(24-2)13(6-10)25-3/h4-6,9H,7-8H2,1-3H3,(H,18,23)(H,21,26). The van der Waals surface area contributed by atoms with Crippen LogP contribution in [0.3, 0.4) is 0 Å². The molecule has 0 aliphatic heterocycles. The van der Waals surface area contributed by atoms with Gasteiger partial charge in [-0.15, -0.1) is 11.3 Å². The van der Waals surface area contributed by atoms with Gasteiger partial charge in [-0.3, -0.25) is 9.89 Å². The lowest BCUT2D eigenvalue weighted by atomic mass is 10.2. The van der Waals surface area contributed by atoms with Gasteiger partial charge < -0.3 is 19.4 Å². The van der Waals surface area contributed by atoms with Gasteiger partial charge in [-0.2, -0.15) is 5.10 Å². The zero-order valence-electron chi connectivity index (χ0n) is 15.1. The average molecular weight is 406 g/mol. The Morgan fingerprint density at radius 2 is 2.11 bits per heavy atom. The fourth-order valence-electron chi connectivity index (χ4n) is 2.43. The molecule has 0 fully saturated rings. The molecule has 2 heterocycles. The zero-order chi connectivity index (χ0) is 19.4. The average Bonchev–Trinajstić information content (AvgIpc) is 3.27. The van der Waals surface area contributed by atoms with Crippen LogP contribution >= 0.6 is 23.6 Å². The fraction of sp³-hybridized carbons (Fsp3) is 0.294. The van der Waals surface area contributed by atoms with Crippen LogP contribution in [0.5, 0.6) is 11.5 Å². The van der Waals surface area contributed by atoms with Crippen molar-refractivity contribution in [3.05, 3.63) is 39.9 Å². The molecule has 0 atom stereocenters. The molecular weight excluding hydrogens is 386 g/mol. The molecule has 142 valence electrons. The Labute approximate surface area is 165 Å². The number of carbonyl (C=O) groups excluding carboxylic acids is 1. The van der Waals surface area contributed by atoms with Gasteiger partial charge >= 0.3 is 0 Å². The number of rotatable bonds is 7. The lowest BCUT2D eigenvalue weighted by molar-refractivity contribution is -0.120. The van der Waals surface area contributed by atoms with Gasteiger partial charge in [0.25, 0.3) is 0 Å². The van der Waals surface area contributed by atoms with E-state index in [9.17, 15) is 4.79 Å². The summed E-state index contributed by atoms with van der Waals surface area (Å²) in [6, 6.07) is 5.61. The first-order chi connectivity index (χ1) is 13.0. The smallest absolute Gasteiger partial charge is 0.226 e. The summed E-state index contributed by atoms with van der Waals surface area (Å²) < 4.78 is 12.8. The molecule has 2 N–H and O–H groups in total. The zero-order valence-corrected chi connectivity index (χ0v) is 16.7. The van der Waals surface area contributed by atoms with Crippen LogP contribution < -0.4 is 14.8 Å². The van der Waals surface area contributed by atoms with Gasteiger partial charge in [0.2, 0.25) is 5.91 Å². The van der Waals surface area contributed by atoms with E-state index in [1.807, 2.05) is 23.6 Å². The first-order valence-electron chi connectivity index (χ1n) is 8.05. The van der Waals surface area contributed by atoms with Crippen molar-refractivity contribution in [2.24, 2.45) is 7.05 Å². The molecule has 0 bridgehead atoms. The van der Waals surface area contributed by atoms with Crippen molar-refractivity contribution in [3.63, 3.8) is 0 Å². The molecule has 0 unspecified atom stereocenters. The number of hydrogen-bond acceptors (Lipinski definition) is 7. The molecule has 27 heavy (non-hydrogen) atoms. The minimum atomic E-state index is -0.131. The Kier molecular flexibility index (Phi) is 5.87. The molecule has 1 amide bonds. The van der Waals surface area contributed by atoms with E-state index in [0.717, 1.165) is 10.6 Å². The summed E-state index contributed by atoms with van der Waals surface area (Å²) in [7, 11) is 4.98. The van der Waals surface area contributed by atoms with E-state index in [4.69, 9.17) is 21.7 Å². The maximum Gasteiger partial charge on any atom is 0.226 e. The quantitative estimate of drug-likeness (QED) is 0.587. The number of aromatic amines is 1. The molecule has 3 aromatic rings. The number of carbonyl (C=O) groups is 1. The topological polar surface area (TPSA) is 94.1 Å². The number of aromatic nitrogens is 4. The SMILES string of the molecule is COc1ccc(-c2nc(CC(=O)NCc3n[nH]c(=S)n3C)cs2)cc1OC. The van der Waals surface area contributed by atoms with E-state index < -0.39 is 0 Å². The molecule has 2 aromatic heterocycles. The monoisotopic (exact) mass is 405 g/mol. The second-order valence-electron chi connectivity index (χ2n) is 5.67. The number of nitrogens with one attached hydrogen (secondary N) is 2. The van der Waals surface area contributed by atoms with Gasteiger partial charge in [-0.05, 0) is 30.4 Å². The summed E-state index contributed by atoms with van der Waals surface area (Å²) >= 11 is 6.52. The fourth-order valence-corrected chi connectivity index (χ4v) is 3.40. The third kappa shape index (κ3) is 4.34. The maximum absolute atomic E-state index is 12.2. The molecule has 0 aliphatic carbocycles. The third-order valence-corrected chi connectivity index (χ3v) is 5.25. The van der Waals surface area contributed by atoms with Crippen LogP contribution in [0.2, 0.25) is 0 Å². The number of nitrogens with zero attached hydrogens (tertiary/aromatic N) is 3. The number of benzene rings is 1. The number of amides is 1. The van der Waals surface area contributed by atoms with Crippen molar-refractivity contribution in [1.29, 1.82) is 0 Å². The molecule has 0 aliphatic rings. The van der Waals surface area contributed by atoms with Crippen molar-refractivity contribution >= 4 is 29.5 Å². The van der Waals surface area contributed by atoms with Crippen LogP contribution in [-0.4, -0.2) is 39.9 Å². The molecular formula is C17H19N5O3S2. The number of hydrogen-bond donors (Lipinski definition) is 2. The highest BCUT2D eigenvalue weighted by Crippen LogP contribution is 2.33. The highest BCUT2D eigenvalue weighted by molar-refractivity contribution is 7.71. The first kappa shape index (κ1) is 19.1. The van der Waals surface area contributed by atoms with Crippen LogP contribution in [0.1, 0.15) is 11.5 Å². The molecule has 0 spiro atoms. The summed E-state index contributed by atoms with van der Waals surface area (Å²) in [5, 5.41) is 12.3. The van der Waals surface area contributed by atoms with Gasteiger partial charge in [-0.1, -0.05) is 0 Å². The largest absolute Gasteiger partial charge is 0.493 e. The van der Waals surface area contributed by atoms with Crippen molar-refractivity contribution in [2.45, 2.75) is 13.0 Å². The summed E-state index contributed by atoms with van der Waals surface area (Å²) in [5.74, 6) is 1.83. The van der Waals surface area contributed by atoms with Gasteiger partial charge in [0, 0.05) is 18.0 Å². The predicted molar refractivity (Wildman–Crippen MR) is 105 cm³/mol. The Morgan fingerprint density at radius 1 is 1.33 bits per heavy atom. The van der Waals surface area contributed by atoms with Crippen molar-refractivity contribution < 1.29 is 14.3 Å². The number of thiazole rings is 1. The molecule has 1 aromatic carbocycles. The molecule has 0 saturated carbocycles. The van der Waals surface area contributed by atoms with E-state index in [1.165, 1.54) is 11.3 Å². The van der Waals surface area contributed by atoms with E-state index >= 15 is 0 Å². The van der Waals surface area contributed by atoms with Gasteiger partial charge in [0.05, 0.1) is 32.9 Å². The Morgan fingerprint density at radius 3 is 2.78 bits per heavy atom. The van der Waals surface area contributed by atoms with E-state index in [1.54, 1.807) is 25.8 Å². The Balaban J connectivity index is 1.64. The lowest BCUT2D eigenvalue weighted by Crippen LogP contribution is -2.26. The van der Waals surface area contributed by atoms with E-state index in [2.05, 4.69) is 20.5 Å². The molecule has 3 rings (SSSR count). The minimum absolute atomic E-state index is 0.131. The van der Waals surface area contributed by atoms with E-state index in [0.29, 0.717) is 34.3 Å². The summed E-state index contributed by atoms with van der Waals surface area (Å²) in [6.07, 6.45) is 0.193. The minimum Gasteiger partial charge on any atom is -0.493 e. The van der Waals surface area contributed by atoms with Crippen LogP contribution in [-0.2, 0) is 24.8 Å². The van der Waals surface area contributed by atoms with Crippen LogP contribution in [0.4, 0.5) is 0 Å². The normalized spacial score (nSPS) is 10.6.